The van der Waals surface area contributed by atoms with Gasteiger partial charge in [-0.3, -0.25) is 10.2 Å². The topological polar surface area (TPSA) is 145 Å². The molecule has 2 N–H and O–H groups in total. The zero-order chi connectivity index (χ0) is 38.0. The summed E-state index contributed by atoms with van der Waals surface area (Å²) in [6.07, 6.45) is 8.85. The standard InChI is InChI=1S/C9H10BrN3.C9H10N3.C6H4BrN3.C6H5N3.C3H7I.3CH3.Sn/c1-6(2)13-9-7(8(10)12-13)4-3-5-11-9;1-7(2)12-9-8(6-11-12)4-3-5-10-9;7-5-4-2-1-3-8-6(4)10-9-5;1-2-5-4-8-9-6(5)7-3-1;1-3(2)4;;;;/h3-6H,1-2H3;3-5,7H,1-2H3;1-3H,(H,8,9,10);1-4H,(H,7,8,9);3H,1-2H3;3*1H3;. The fraction of sp³-hybridized carbons (Fsp3) is 0.333. The smallest absolute Gasteiger partial charge is 0.159 e. The van der Waals surface area contributed by atoms with Gasteiger partial charge >= 0.3 is 101 Å². The zero-order valence-corrected chi connectivity index (χ0v) is 39.0. The quantitative estimate of drug-likeness (QED) is 0.101. The molecule has 0 unspecified atom stereocenters. The molecular formula is C36H45Br2IN12Sn. The van der Waals surface area contributed by atoms with Gasteiger partial charge in [-0.2, -0.15) is 15.3 Å². The fourth-order valence-electron chi connectivity index (χ4n) is 4.78. The van der Waals surface area contributed by atoms with Gasteiger partial charge in [0.2, 0.25) is 0 Å². The molecule has 0 fully saturated rings. The number of aromatic nitrogens is 12. The van der Waals surface area contributed by atoms with Crippen molar-refractivity contribution in [3.8, 4) is 0 Å². The number of pyridine rings is 4. The number of hydrogen-bond acceptors (Lipinski definition) is 8. The predicted molar refractivity (Wildman–Crippen MR) is 231 cm³/mol. The third kappa shape index (κ3) is 11.2. The largest absolute Gasteiger partial charge is 0.261 e. The first kappa shape index (κ1) is 41.7. The molecule has 0 radical (unpaired) electrons. The van der Waals surface area contributed by atoms with Gasteiger partial charge in [-0.05, 0) is 82.1 Å². The second kappa shape index (κ2) is 19.3. The summed E-state index contributed by atoms with van der Waals surface area (Å²) in [7, 11) is 0. The Hall–Kier alpha value is -3.03. The van der Waals surface area contributed by atoms with E-state index in [2.05, 4.69) is 167 Å². The Labute approximate surface area is 338 Å². The van der Waals surface area contributed by atoms with Crippen molar-refractivity contribution in [1.29, 1.82) is 0 Å². The summed E-state index contributed by atoms with van der Waals surface area (Å²) in [4.78, 5) is 24.0. The first-order valence-electron chi connectivity index (χ1n) is 16.8. The molecule has 8 aromatic rings. The van der Waals surface area contributed by atoms with E-state index in [1.807, 2.05) is 53.3 Å². The molecule has 0 aliphatic carbocycles. The van der Waals surface area contributed by atoms with E-state index < -0.39 is 18.4 Å². The van der Waals surface area contributed by atoms with Crippen LogP contribution in [0.2, 0.25) is 14.8 Å². The van der Waals surface area contributed by atoms with Gasteiger partial charge in [-0.25, -0.2) is 19.6 Å². The summed E-state index contributed by atoms with van der Waals surface area (Å²) in [5, 5.41) is 26.9. The van der Waals surface area contributed by atoms with E-state index in [-0.39, 0.29) is 0 Å². The minimum atomic E-state index is -2.14. The van der Waals surface area contributed by atoms with Crippen LogP contribution in [0.4, 0.5) is 0 Å². The molecule has 274 valence electrons. The van der Waals surface area contributed by atoms with Gasteiger partial charge in [0, 0.05) is 33.9 Å². The van der Waals surface area contributed by atoms with Crippen LogP contribution >= 0.6 is 54.5 Å². The van der Waals surface area contributed by atoms with Crippen LogP contribution in [0.3, 0.4) is 0 Å². The van der Waals surface area contributed by atoms with Crippen LogP contribution in [0.1, 0.15) is 53.6 Å². The summed E-state index contributed by atoms with van der Waals surface area (Å²) in [6.45, 7) is 12.8. The monoisotopic (exact) mass is 1050 g/mol. The number of halogens is 3. The third-order valence-electron chi connectivity index (χ3n) is 7.07. The Morgan fingerprint density at radius 2 is 1.19 bits per heavy atom. The summed E-state index contributed by atoms with van der Waals surface area (Å²) < 4.78 is 7.87. The van der Waals surface area contributed by atoms with Crippen LogP contribution in [-0.4, -0.2) is 82.2 Å². The molecule has 8 heterocycles. The number of aromatic amines is 2. The fourth-order valence-corrected chi connectivity index (χ4v) is 9.69. The first-order valence-corrected chi connectivity index (χ1v) is 29.7. The van der Waals surface area contributed by atoms with E-state index >= 15 is 0 Å². The number of nitrogens with zero attached hydrogens (tertiary/aromatic N) is 10. The number of H-pyrrole nitrogens is 2. The van der Waals surface area contributed by atoms with Gasteiger partial charge in [0.15, 0.2) is 16.9 Å². The maximum Gasteiger partial charge on any atom is 0.159 e. The molecule has 8 aromatic heterocycles. The summed E-state index contributed by atoms with van der Waals surface area (Å²) in [5.41, 5.74) is 3.57. The van der Waals surface area contributed by atoms with Crippen molar-refractivity contribution < 1.29 is 0 Å². The molecule has 0 atom stereocenters. The summed E-state index contributed by atoms with van der Waals surface area (Å²) >= 11 is 6.93. The third-order valence-corrected chi connectivity index (χ3v) is 13.4. The van der Waals surface area contributed by atoms with Gasteiger partial charge < -0.3 is 0 Å². The van der Waals surface area contributed by atoms with Crippen molar-refractivity contribution in [2.45, 2.75) is 72.4 Å². The normalized spacial score (nSPS) is 11.2. The Morgan fingerprint density at radius 3 is 1.77 bits per heavy atom. The molecule has 0 saturated heterocycles. The SMILES string of the molecule is Brc1[nH]nc2ncccc12.CC(C)I.CC(C)n1n[c]([Sn]([CH3])([CH3])[CH3])c2cccnc21.CC(C)n1nc(Br)c2cccnc21.c1cnc2[nH]ncc2c1. The van der Waals surface area contributed by atoms with Crippen LogP contribution in [0.5, 0.6) is 0 Å². The van der Waals surface area contributed by atoms with Crippen molar-refractivity contribution in [3.05, 3.63) is 88.7 Å². The number of hydrogen-bond donors (Lipinski definition) is 2. The number of rotatable bonds is 3. The summed E-state index contributed by atoms with van der Waals surface area (Å²) in [5.74, 6) is 0. The van der Waals surface area contributed by atoms with Crippen molar-refractivity contribution in [2.75, 3.05) is 0 Å². The van der Waals surface area contributed by atoms with E-state index in [1.165, 1.54) is 9.10 Å². The van der Waals surface area contributed by atoms with Crippen LogP contribution in [-0.2, 0) is 0 Å². The maximum absolute atomic E-state index is 4.81. The minimum absolute atomic E-state index is 0.337. The average Bonchev–Trinajstić information content (AvgIpc) is 3.90. The Kier molecular flexibility index (Phi) is 15.5. The molecule has 12 nitrogen and oxygen atoms in total. The summed E-state index contributed by atoms with van der Waals surface area (Å²) in [6, 6.07) is 16.5. The van der Waals surface area contributed by atoms with E-state index in [0.717, 1.165) is 51.9 Å². The number of nitrogens with one attached hydrogen (secondary N) is 2. The zero-order valence-electron chi connectivity index (χ0n) is 30.8. The van der Waals surface area contributed by atoms with E-state index in [9.17, 15) is 0 Å². The van der Waals surface area contributed by atoms with Crippen LogP contribution in [0.25, 0.3) is 44.1 Å². The molecule has 8 rings (SSSR count). The molecule has 16 heteroatoms. The van der Waals surface area contributed by atoms with E-state index in [1.54, 1.807) is 24.8 Å². The van der Waals surface area contributed by atoms with Crippen molar-refractivity contribution in [3.63, 3.8) is 0 Å². The second-order valence-electron chi connectivity index (χ2n) is 13.5. The van der Waals surface area contributed by atoms with Gasteiger partial charge in [0.25, 0.3) is 0 Å². The van der Waals surface area contributed by atoms with Crippen LogP contribution in [0, 0.1) is 0 Å². The molecule has 0 spiro atoms. The molecule has 0 bridgehead atoms. The molecule has 0 aliphatic rings. The average molecular weight is 1050 g/mol. The molecule has 0 amide bonds. The van der Waals surface area contributed by atoms with Crippen LogP contribution < -0.4 is 3.71 Å². The van der Waals surface area contributed by atoms with E-state index in [4.69, 9.17) is 5.10 Å². The Balaban J connectivity index is 0.000000153. The van der Waals surface area contributed by atoms with Crippen LogP contribution in [0.15, 0.2) is 88.7 Å². The van der Waals surface area contributed by atoms with Gasteiger partial charge in [-0.1, -0.05) is 36.4 Å². The molecule has 0 aliphatic heterocycles. The number of fused-ring (bicyclic) bond motifs is 4. The van der Waals surface area contributed by atoms with Crippen molar-refractivity contribution in [2.24, 2.45) is 0 Å². The first-order chi connectivity index (χ1) is 24.7. The molecular weight excluding hydrogens is 1010 g/mol. The minimum Gasteiger partial charge on any atom is -0.261 e. The molecule has 0 saturated carbocycles. The number of alkyl halides is 1. The molecule has 52 heavy (non-hydrogen) atoms. The van der Waals surface area contributed by atoms with Gasteiger partial charge in [0.1, 0.15) is 9.21 Å². The second-order valence-corrected chi connectivity index (χ2v) is 31.7. The van der Waals surface area contributed by atoms with Gasteiger partial charge in [-0.15, -0.1) is 0 Å². The molecule has 0 aromatic carbocycles. The van der Waals surface area contributed by atoms with E-state index in [0.29, 0.717) is 12.1 Å². The maximum atomic E-state index is 4.81. The Morgan fingerprint density at radius 1 is 0.673 bits per heavy atom. The predicted octanol–water partition coefficient (Wildman–Crippen LogP) is 9.84. The van der Waals surface area contributed by atoms with Gasteiger partial charge in [0.05, 0.1) is 17.0 Å². The van der Waals surface area contributed by atoms with Crippen molar-refractivity contribution in [1.82, 2.24) is 59.9 Å². The Bertz CT molecular complexity index is 2270. The van der Waals surface area contributed by atoms with Crippen molar-refractivity contribution >= 4 is 121 Å².